The van der Waals surface area contributed by atoms with Crippen LogP contribution in [-0.2, 0) is 0 Å². The molecule has 2 atom stereocenters. The number of benzene rings is 2. The summed E-state index contributed by atoms with van der Waals surface area (Å²) in [7, 11) is 1.93. The molecule has 6 N–H and O–H groups in total. The number of aldehydes is 1. The number of rotatable bonds is 8. The minimum absolute atomic E-state index is 0.247. The normalized spacial score (nSPS) is 13.9. The highest BCUT2D eigenvalue weighted by atomic mass is 19.1. The Morgan fingerprint density at radius 3 is 2.18 bits per heavy atom. The highest BCUT2D eigenvalue weighted by Gasteiger charge is 2.28. The number of aromatic amines is 1. The van der Waals surface area contributed by atoms with Crippen LogP contribution in [0.2, 0.25) is 0 Å². The summed E-state index contributed by atoms with van der Waals surface area (Å²) >= 11 is 0. The zero-order valence-electron chi connectivity index (χ0n) is 21.4. The van der Waals surface area contributed by atoms with Crippen LogP contribution in [0.15, 0.2) is 48.5 Å². The van der Waals surface area contributed by atoms with Gasteiger partial charge in [-0.3, -0.25) is 4.79 Å². The molecule has 2 unspecified atom stereocenters. The molecule has 0 bridgehead atoms. The van der Waals surface area contributed by atoms with Gasteiger partial charge in [-0.25, -0.2) is 4.39 Å². The third kappa shape index (κ3) is 9.75. The summed E-state index contributed by atoms with van der Waals surface area (Å²) in [6.45, 7) is 8.90. The second-order valence-electron chi connectivity index (χ2n) is 8.05. The van der Waals surface area contributed by atoms with Crippen molar-refractivity contribution >= 4 is 17.2 Å². The minimum atomic E-state index is -0.247. The van der Waals surface area contributed by atoms with Crippen molar-refractivity contribution in [3.8, 4) is 11.1 Å². The van der Waals surface area contributed by atoms with Gasteiger partial charge in [-0.1, -0.05) is 52.0 Å². The van der Waals surface area contributed by atoms with Crippen LogP contribution in [0.3, 0.4) is 0 Å². The summed E-state index contributed by atoms with van der Waals surface area (Å²) in [6.07, 6.45) is 5.61. The summed E-state index contributed by atoms with van der Waals surface area (Å²) in [5.41, 5.74) is 15.2. The van der Waals surface area contributed by atoms with E-state index in [1.54, 1.807) is 18.2 Å². The molecule has 0 spiro atoms. The lowest BCUT2D eigenvalue weighted by molar-refractivity contribution is 0.112. The van der Waals surface area contributed by atoms with E-state index in [2.05, 4.69) is 10.3 Å². The van der Waals surface area contributed by atoms with Gasteiger partial charge in [0.2, 0.25) is 0 Å². The first kappa shape index (κ1) is 29.5. The van der Waals surface area contributed by atoms with E-state index in [0.717, 1.165) is 53.6 Å². The van der Waals surface area contributed by atoms with E-state index in [1.165, 1.54) is 25.0 Å². The topological polar surface area (TPSA) is 96.9 Å². The SMILES string of the molecule is CC.CC.CNCC(N)CCC(N)C1CC1.O=Cc1cc2ccc(-c3ccc(F)cc3)cc2[nH]1. The van der Waals surface area contributed by atoms with E-state index in [0.29, 0.717) is 11.7 Å². The number of carbonyl (C=O) groups is 1. The van der Waals surface area contributed by atoms with E-state index in [-0.39, 0.29) is 11.9 Å². The molecule has 3 aromatic rings. The van der Waals surface area contributed by atoms with Gasteiger partial charge < -0.3 is 21.8 Å². The molecule has 0 amide bonds. The number of halogens is 1. The highest BCUT2D eigenvalue weighted by molar-refractivity contribution is 5.90. The van der Waals surface area contributed by atoms with Crippen molar-refractivity contribution in [1.82, 2.24) is 10.3 Å². The molecular weight excluding hydrogens is 427 g/mol. The number of aromatic nitrogens is 1. The van der Waals surface area contributed by atoms with E-state index in [9.17, 15) is 9.18 Å². The van der Waals surface area contributed by atoms with Gasteiger partial charge in [0.25, 0.3) is 0 Å². The number of H-pyrrole nitrogens is 1. The molecule has 1 aliphatic carbocycles. The molecule has 1 fully saturated rings. The Bertz CT molecular complexity index is 951. The first-order valence-corrected chi connectivity index (χ1v) is 12.5. The van der Waals surface area contributed by atoms with Crippen molar-refractivity contribution in [2.75, 3.05) is 13.6 Å². The van der Waals surface area contributed by atoms with Crippen LogP contribution in [-0.4, -0.2) is 36.9 Å². The highest BCUT2D eigenvalue weighted by Crippen LogP contribution is 2.33. The maximum Gasteiger partial charge on any atom is 0.166 e. The summed E-state index contributed by atoms with van der Waals surface area (Å²) < 4.78 is 12.9. The van der Waals surface area contributed by atoms with Gasteiger partial charge in [0.1, 0.15) is 5.82 Å². The quantitative estimate of drug-likeness (QED) is 0.309. The fourth-order valence-corrected chi connectivity index (χ4v) is 3.57. The number of hydrogen-bond acceptors (Lipinski definition) is 4. The van der Waals surface area contributed by atoms with Crippen LogP contribution in [0.5, 0.6) is 0 Å². The van der Waals surface area contributed by atoms with Crippen LogP contribution in [0, 0.1) is 11.7 Å². The fourth-order valence-electron chi connectivity index (χ4n) is 3.57. The van der Waals surface area contributed by atoms with Crippen LogP contribution in [0.1, 0.15) is 63.9 Å². The molecule has 188 valence electrons. The van der Waals surface area contributed by atoms with Crippen molar-refractivity contribution in [2.45, 2.75) is 65.5 Å². The maximum absolute atomic E-state index is 12.9. The van der Waals surface area contributed by atoms with E-state index in [1.807, 2.05) is 52.9 Å². The molecule has 1 aromatic heterocycles. The average molecular weight is 471 g/mol. The Morgan fingerprint density at radius 2 is 1.62 bits per heavy atom. The number of nitrogens with one attached hydrogen (secondary N) is 2. The van der Waals surface area contributed by atoms with Gasteiger partial charge in [-0.05, 0) is 74.0 Å². The number of nitrogens with two attached hydrogens (primary N) is 2. The van der Waals surface area contributed by atoms with Gasteiger partial charge in [0, 0.05) is 29.5 Å². The van der Waals surface area contributed by atoms with Crippen LogP contribution in [0.25, 0.3) is 22.0 Å². The summed E-state index contributed by atoms with van der Waals surface area (Å²) in [4.78, 5) is 13.7. The molecule has 1 aliphatic rings. The fraction of sp³-hybridized carbons (Fsp3) is 0.464. The number of hydrogen-bond donors (Lipinski definition) is 4. The van der Waals surface area contributed by atoms with Gasteiger partial charge >= 0.3 is 0 Å². The third-order valence-electron chi connectivity index (χ3n) is 5.51. The molecule has 34 heavy (non-hydrogen) atoms. The smallest absolute Gasteiger partial charge is 0.166 e. The van der Waals surface area contributed by atoms with Crippen LogP contribution >= 0.6 is 0 Å². The summed E-state index contributed by atoms with van der Waals surface area (Å²) in [5.74, 6) is 0.565. The van der Waals surface area contributed by atoms with Crippen molar-refractivity contribution < 1.29 is 9.18 Å². The summed E-state index contributed by atoms with van der Waals surface area (Å²) in [5, 5.41) is 4.06. The van der Waals surface area contributed by atoms with Gasteiger partial charge in [0.15, 0.2) is 6.29 Å². The van der Waals surface area contributed by atoms with Gasteiger partial charge in [-0.2, -0.15) is 0 Å². The predicted octanol–water partition coefficient (Wildman–Crippen LogP) is 5.89. The first-order chi connectivity index (χ1) is 16.5. The lowest BCUT2D eigenvalue weighted by Gasteiger charge is -2.14. The molecule has 1 heterocycles. The molecule has 0 saturated heterocycles. The van der Waals surface area contributed by atoms with Crippen molar-refractivity contribution in [3.05, 3.63) is 60.0 Å². The molecular formula is C28H43FN4O. The summed E-state index contributed by atoms with van der Waals surface area (Å²) in [6, 6.07) is 14.7. The average Bonchev–Trinajstić information content (AvgIpc) is 3.65. The predicted molar refractivity (Wildman–Crippen MR) is 144 cm³/mol. The molecule has 1 saturated carbocycles. The van der Waals surface area contributed by atoms with Crippen LogP contribution < -0.4 is 16.8 Å². The first-order valence-electron chi connectivity index (χ1n) is 12.5. The Hall–Kier alpha value is -2.54. The Labute approximate surface area is 204 Å². The lowest BCUT2D eigenvalue weighted by atomic mass is 10.0. The largest absolute Gasteiger partial charge is 0.352 e. The molecule has 5 nitrogen and oxygen atoms in total. The second kappa shape index (κ2) is 16.1. The monoisotopic (exact) mass is 470 g/mol. The number of fused-ring (bicyclic) bond motifs is 1. The van der Waals surface area contributed by atoms with Gasteiger partial charge in [-0.15, -0.1) is 0 Å². The molecule has 6 heteroatoms. The Kier molecular flexibility index (Phi) is 14.0. The van der Waals surface area contributed by atoms with E-state index in [4.69, 9.17) is 11.5 Å². The molecule has 4 rings (SSSR count). The molecule has 2 aromatic carbocycles. The number of likely N-dealkylation sites (N-methyl/N-ethyl adjacent to an activating group) is 1. The Balaban J connectivity index is 0.000000316. The Morgan fingerprint density at radius 1 is 1.00 bits per heavy atom. The van der Waals surface area contributed by atoms with E-state index >= 15 is 0 Å². The van der Waals surface area contributed by atoms with Crippen molar-refractivity contribution in [3.63, 3.8) is 0 Å². The lowest BCUT2D eigenvalue weighted by Crippen LogP contribution is -2.34. The zero-order valence-corrected chi connectivity index (χ0v) is 21.4. The third-order valence-corrected chi connectivity index (χ3v) is 5.51. The van der Waals surface area contributed by atoms with Gasteiger partial charge in [0.05, 0.1) is 5.69 Å². The second-order valence-corrected chi connectivity index (χ2v) is 8.05. The van der Waals surface area contributed by atoms with E-state index < -0.39 is 0 Å². The minimum Gasteiger partial charge on any atom is -0.352 e. The molecule has 0 aliphatic heterocycles. The molecule has 0 radical (unpaired) electrons. The van der Waals surface area contributed by atoms with Crippen LogP contribution in [0.4, 0.5) is 4.39 Å². The maximum atomic E-state index is 12.9. The van der Waals surface area contributed by atoms with Crippen molar-refractivity contribution in [1.29, 1.82) is 0 Å². The zero-order chi connectivity index (χ0) is 25.5. The standard InChI is InChI=1S/C15H10FNO.C9H21N3.2C2H6/c16-13-5-3-10(4-6-13)11-1-2-12-7-14(9-18)17-15(12)8-11;1-12-6-8(10)4-5-9(11)7-2-3-7;2*1-2/h1-9,17H;7-9,12H,2-6,10-11H2,1H3;2*1-2H3. The number of carbonyl (C=O) groups excluding carboxylic acids is 1. The van der Waals surface area contributed by atoms with Crippen molar-refractivity contribution in [2.24, 2.45) is 17.4 Å².